The summed E-state index contributed by atoms with van der Waals surface area (Å²) in [5, 5.41) is 11.4. The van der Waals surface area contributed by atoms with Crippen LogP contribution in [0.5, 0.6) is 23.0 Å². The monoisotopic (exact) mass is 504 g/mol. The minimum absolute atomic E-state index is 0.0484. The summed E-state index contributed by atoms with van der Waals surface area (Å²) in [6, 6.07) is 11.0. The van der Waals surface area contributed by atoms with Crippen LogP contribution in [0.25, 0.3) is 5.76 Å². The van der Waals surface area contributed by atoms with E-state index in [9.17, 15) is 14.7 Å². The predicted molar refractivity (Wildman–Crippen MR) is 136 cm³/mol. The van der Waals surface area contributed by atoms with Crippen LogP contribution >= 0.6 is 0 Å². The van der Waals surface area contributed by atoms with Crippen LogP contribution in [0.2, 0.25) is 0 Å². The fraction of sp³-hybridized carbons (Fsp3) is 0.250. The molecule has 1 fully saturated rings. The maximum Gasteiger partial charge on any atom is 0.295 e. The summed E-state index contributed by atoms with van der Waals surface area (Å²) in [5.41, 5.74) is 2.33. The topological polar surface area (TPSA) is 107 Å². The zero-order valence-corrected chi connectivity index (χ0v) is 21.3. The van der Waals surface area contributed by atoms with Gasteiger partial charge in [0.25, 0.3) is 11.7 Å². The molecule has 0 unspecified atom stereocenters. The van der Waals surface area contributed by atoms with Crippen LogP contribution in [0.3, 0.4) is 0 Å². The fourth-order valence-electron chi connectivity index (χ4n) is 4.52. The molecule has 4 rings (SSSR count). The van der Waals surface area contributed by atoms with E-state index in [2.05, 4.69) is 4.98 Å². The van der Waals surface area contributed by atoms with Crippen LogP contribution in [-0.2, 0) is 16.1 Å². The first-order valence-electron chi connectivity index (χ1n) is 11.5. The van der Waals surface area contributed by atoms with Crippen LogP contribution in [0.1, 0.15) is 28.3 Å². The van der Waals surface area contributed by atoms with Gasteiger partial charge in [-0.2, -0.15) is 0 Å². The second-order valence-corrected chi connectivity index (χ2v) is 8.43. The number of methoxy groups -OCH3 is 4. The van der Waals surface area contributed by atoms with Gasteiger partial charge >= 0.3 is 0 Å². The Hall–Kier alpha value is -4.53. The number of rotatable bonds is 8. The van der Waals surface area contributed by atoms with Gasteiger partial charge in [0.05, 0.1) is 40.1 Å². The van der Waals surface area contributed by atoms with Crippen LogP contribution in [-0.4, -0.2) is 55.1 Å². The molecule has 192 valence electrons. The number of carbonyl (C=O) groups is 2. The molecule has 2 heterocycles. The fourth-order valence-corrected chi connectivity index (χ4v) is 4.52. The number of nitrogens with zero attached hydrogens (tertiary/aromatic N) is 2. The van der Waals surface area contributed by atoms with E-state index in [0.29, 0.717) is 34.1 Å². The van der Waals surface area contributed by atoms with E-state index >= 15 is 0 Å². The molecule has 1 saturated heterocycles. The second kappa shape index (κ2) is 10.6. The average Bonchev–Trinajstić information content (AvgIpc) is 3.17. The maximum absolute atomic E-state index is 13.4. The molecule has 1 amide bonds. The smallest absolute Gasteiger partial charge is 0.295 e. The van der Waals surface area contributed by atoms with E-state index in [1.165, 1.54) is 26.2 Å². The van der Waals surface area contributed by atoms with Crippen molar-refractivity contribution in [1.82, 2.24) is 9.88 Å². The Morgan fingerprint density at radius 2 is 1.62 bits per heavy atom. The number of hydrogen-bond acceptors (Lipinski definition) is 8. The maximum atomic E-state index is 13.4. The molecule has 0 spiro atoms. The zero-order chi connectivity index (χ0) is 26.7. The summed E-state index contributed by atoms with van der Waals surface area (Å²) in [6.45, 7) is 1.92. The summed E-state index contributed by atoms with van der Waals surface area (Å²) in [4.78, 5) is 32.3. The van der Waals surface area contributed by atoms with Gasteiger partial charge in [0.15, 0.2) is 11.5 Å². The minimum atomic E-state index is -0.934. The van der Waals surface area contributed by atoms with Crippen molar-refractivity contribution < 1.29 is 33.6 Å². The first-order chi connectivity index (χ1) is 17.8. The van der Waals surface area contributed by atoms with Crippen molar-refractivity contribution in [2.75, 3.05) is 28.4 Å². The van der Waals surface area contributed by atoms with E-state index in [1.807, 2.05) is 13.0 Å². The number of hydrogen-bond donors (Lipinski definition) is 1. The third kappa shape index (κ3) is 4.67. The highest BCUT2D eigenvalue weighted by Crippen LogP contribution is 2.46. The van der Waals surface area contributed by atoms with Gasteiger partial charge in [0.2, 0.25) is 5.75 Å². The Morgan fingerprint density at radius 3 is 2.16 bits per heavy atom. The van der Waals surface area contributed by atoms with Crippen molar-refractivity contribution in [3.8, 4) is 23.0 Å². The third-order valence-corrected chi connectivity index (χ3v) is 6.29. The summed E-state index contributed by atoms with van der Waals surface area (Å²) < 4.78 is 21.8. The van der Waals surface area contributed by atoms with Crippen molar-refractivity contribution in [2.45, 2.75) is 19.5 Å². The van der Waals surface area contributed by atoms with Gasteiger partial charge in [-0.1, -0.05) is 6.07 Å². The van der Waals surface area contributed by atoms with Crippen LogP contribution in [0.4, 0.5) is 0 Å². The number of amides is 1. The number of likely N-dealkylation sites (tertiary alicyclic amines) is 1. The van der Waals surface area contributed by atoms with Gasteiger partial charge in [-0.05, 0) is 60.0 Å². The number of aromatic nitrogens is 1. The number of ether oxygens (including phenoxy) is 4. The summed E-state index contributed by atoms with van der Waals surface area (Å²) >= 11 is 0. The molecule has 9 nitrogen and oxygen atoms in total. The number of aryl methyl sites for hydroxylation is 1. The number of aliphatic hydroxyl groups excluding tert-OH is 1. The number of ketones is 1. The normalized spacial score (nSPS) is 16.6. The third-order valence-electron chi connectivity index (χ3n) is 6.29. The van der Waals surface area contributed by atoms with Gasteiger partial charge in [0.1, 0.15) is 11.5 Å². The largest absolute Gasteiger partial charge is 0.507 e. The highest BCUT2D eigenvalue weighted by atomic mass is 16.5. The lowest BCUT2D eigenvalue weighted by atomic mass is 9.94. The molecule has 0 aliphatic carbocycles. The molecule has 0 saturated carbocycles. The van der Waals surface area contributed by atoms with Crippen molar-refractivity contribution in [1.29, 1.82) is 0 Å². The number of Topliss-reactive ketones (excluding diaryl/α,β-unsaturated/α-hetero) is 1. The first kappa shape index (κ1) is 25.6. The Morgan fingerprint density at radius 1 is 0.946 bits per heavy atom. The van der Waals surface area contributed by atoms with Crippen molar-refractivity contribution in [2.24, 2.45) is 0 Å². The molecule has 9 heteroatoms. The molecule has 1 aliphatic rings. The van der Waals surface area contributed by atoms with E-state index in [0.717, 1.165) is 11.1 Å². The predicted octanol–water partition coefficient (Wildman–Crippen LogP) is 4.05. The first-order valence-corrected chi connectivity index (χ1v) is 11.5. The lowest BCUT2D eigenvalue weighted by Gasteiger charge is -2.26. The van der Waals surface area contributed by atoms with Crippen molar-refractivity contribution in [3.63, 3.8) is 0 Å². The Labute approximate surface area is 214 Å². The standard InChI is InChI=1S/C28H28N2O7/c1-16-11-18(8-9-20(16)34-2)25(31)23-24(19-12-21(35-3)27(37-5)22(13-19)36-4)30(28(33)26(23)32)15-17-7-6-10-29-14-17/h6-14,24,31H,15H2,1-5H3/b25-23+/t24-/m0/s1. The number of benzene rings is 2. The molecule has 0 radical (unpaired) electrons. The molecule has 1 atom stereocenters. The van der Waals surface area contributed by atoms with Gasteiger partial charge in [-0.25, -0.2) is 0 Å². The minimum Gasteiger partial charge on any atom is -0.507 e. The quantitative estimate of drug-likeness (QED) is 0.278. The summed E-state index contributed by atoms with van der Waals surface area (Å²) in [6.07, 6.45) is 3.25. The molecule has 1 N–H and O–H groups in total. The molecular formula is C28H28N2O7. The van der Waals surface area contributed by atoms with Gasteiger partial charge < -0.3 is 29.0 Å². The number of pyridine rings is 1. The average molecular weight is 505 g/mol. The number of carbonyl (C=O) groups excluding carboxylic acids is 2. The Balaban J connectivity index is 1.95. The zero-order valence-electron chi connectivity index (χ0n) is 21.3. The van der Waals surface area contributed by atoms with E-state index < -0.39 is 17.7 Å². The van der Waals surface area contributed by atoms with Crippen LogP contribution < -0.4 is 18.9 Å². The molecule has 1 aromatic heterocycles. The lowest BCUT2D eigenvalue weighted by molar-refractivity contribution is -0.140. The summed E-state index contributed by atoms with van der Waals surface area (Å²) in [7, 11) is 6.00. The van der Waals surface area contributed by atoms with E-state index in [-0.39, 0.29) is 17.9 Å². The molecule has 1 aliphatic heterocycles. The lowest BCUT2D eigenvalue weighted by Crippen LogP contribution is -2.29. The molecule has 3 aromatic rings. The van der Waals surface area contributed by atoms with Crippen molar-refractivity contribution >= 4 is 17.4 Å². The SMILES string of the molecule is COc1ccc(/C(O)=C2\C(=O)C(=O)N(Cc3cccnc3)[C@H]2c2cc(OC)c(OC)c(OC)c2)cc1C. The highest BCUT2D eigenvalue weighted by molar-refractivity contribution is 6.46. The second-order valence-electron chi connectivity index (χ2n) is 8.43. The van der Waals surface area contributed by atoms with Gasteiger partial charge in [-0.3, -0.25) is 14.6 Å². The Kier molecular flexibility index (Phi) is 7.33. The van der Waals surface area contributed by atoms with Crippen LogP contribution in [0, 0.1) is 6.92 Å². The van der Waals surface area contributed by atoms with E-state index in [1.54, 1.807) is 55.9 Å². The van der Waals surface area contributed by atoms with E-state index in [4.69, 9.17) is 18.9 Å². The number of aliphatic hydroxyl groups is 1. The molecular weight excluding hydrogens is 476 g/mol. The highest BCUT2D eigenvalue weighted by Gasteiger charge is 2.46. The molecule has 37 heavy (non-hydrogen) atoms. The Bertz CT molecular complexity index is 1340. The van der Waals surface area contributed by atoms with Crippen molar-refractivity contribution in [3.05, 3.63) is 82.7 Å². The molecule has 2 aromatic carbocycles. The van der Waals surface area contributed by atoms with Gasteiger partial charge in [-0.15, -0.1) is 0 Å². The molecule has 0 bridgehead atoms. The summed E-state index contributed by atoms with van der Waals surface area (Å²) in [5.74, 6) is -0.133. The van der Waals surface area contributed by atoms with Crippen LogP contribution in [0.15, 0.2) is 60.4 Å². The van der Waals surface area contributed by atoms with Gasteiger partial charge in [0, 0.05) is 24.5 Å².